The van der Waals surface area contributed by atoms with E-state index in [1.807, 2.05) is 6.07 Å². The Balaban J connectivity index is 1.86. The van der Waals surface area contributed by atoms with Crippen molar-refractivity contribution in [3.63, 3.8) is 0 Å². The van der Waals surface area contributed by atoms with Crippen molar-refractivity contribution < 1.29 is 14.6 Å². The minimum atomic E-state index is -0.732. The van der Waals surface area contributed by atoms with Crippen molar-refractivity contribution in [3.8, 4) is 0 Å². The summed E-state index contributed by atoms with van der Waals surface area (Å²) in [7, 11) is 1.61. The Morgan fingerprint density at radius 3 is 2.40 bits per heavy atom. The van der Waals surface area contributed by atoms with Crippen LogP contribution in [0.5, 0.6) is 0 Å². The molecule has 152 valence electrons. The van der Waals surface area contributed by atoms with E-state index in [4.69, 9.17) is 0 Å². The molecule has 0 atom stereocenters. The zero-order chi connectivity index (χ0) is 21.7. The number of carbonyl (C=O) groups is 1. The highest BCUT2D eigenvalue weighted by atomic mass is 16.6. The summed E-state index contributed by atoms with van der Waals surface area (Å²) in [5.74, 6) is -0.968. The van der Waals surface area contributed by atoms with Gasteiger partial charge in [-0.1, -0.05) is 24.3 Å². The Labute approximate surface area is 169 Å². The van der Waals surface area contributed by atoms with Crippen LogP contribution in [0.1, 0.15) is 10.4 Å². The van der Waals surface area contributed by atoms with Crippen molar-refractivity contribution >= 4 is 34.6 Å². The quantitative estimate of drug-likeness (QED) is 0.442. The van der Waals surface area contributed by atoms with E-state index in [0.717, 1.165) is 12.4 Å². The van der Waals surface area contributed by atoms with Gasteiger partial charge in [0.25, 0.3) is 11.6 Å². The van der Waals surface area contributed by atoms with Gasteiger partial charge < -0.3 is 4.90 Å². The summed E-state index contributed by atoms with van der Waals surface area (Å²) in [6.07, 6.45) is 1.11. The molecular formula is C18H15N7O5. The Hall–Kier alpha value is -4.61. The molecular weight excluding hydrogens is 394 g/mol. The van der Waals surface area contributed by atoms with Crippen LogP contribution in [0, 0.1) is 20.2 Å². The molecule has 3 rings (SSSR count). The van der Waals surface area contributed by atoms with Crippen molar-refractivity contribution in [3.05, 3.63) is 86.7 Å². The highest BCUT2D eigenvalue weighted by Crippen LogP contribution is 2.34. The molecule has 1 heterocycles. The molecule has 0 aliphatic carbocycles. The van der Waals surface area contributed by atoms with Crippen molar-refractivity contribution in [2.45, 2.75) is 0 Å². The first-order valence-electron chi connectivity index (χ1n) is 8.47. The van der Waals surface area contributed by atoms with Crippen LogP contribution in [-0.4, -0.2) is 32.8 Å². The molecule has 0 saturated carbocycles. The normalized spacial score (nSPS) is 10.2. The minimum Gasteiger partial charge on any atom is -0.324 e. The van der Waals surface area contributed by atoms with Gasteiger partial charge in [0.15, 0.2) is 0 Å². The van der Waals surface area contributed by atoms with E-state index in [0.29, 0.717) is 5.69 Å². The predicted molar refractivity (Wildman–Crippen MR) is 107 cm³/mol. The Morgan fingerprint density at radius 1 is 1.00 bits per heavy atom. The van der Waals surface area contributed by atoms with Gasteiger partial charge in [-0.25, -0.2) is 9.97 Å². The van der Waals surface area contributed by atoms with Crippen LogP contribution in [0.2, 0.25) is 0 Å². The Bertz CT molecular complexity index is 1110. The standard InChI is InChI=1S/C18H15N7O5/c1-23(13-7-3-2-4-8-13)17-15(25(29)30)16(19-11-20-17)21-22-18(26)12-6-5-9-14(10-12)24(27)28/h2-11H,1H3,(H,22,26)(H,19,20,21). The number of amides is 1. The third-order valence-electron chi connectivity index (χ3n) is 4.06. The number of hydrazine groups is 1. The van der Waals surface area contributed by atoms with Crippen molar-refractivity contribution in [2.75, 3.05) is 17.4 Å². The van der Waals surface area contributed by atoms with E-state index < -0.39 is 21.4 Å². The molecule has 0 unspecified atom stereocenters. The summed E-state index contributed by atoms with van der Waals surface area (Å²) in [4.78, 5) is 42.9. The van der Waals surface area contributed by atoms with E-state index in [1.165, 1.54) is 23.1 Å². The van der Waals surface area contributed by atoms with E-state index in [-0.39, 0.29) is 22.9 Å². The number of nitrogens with zero attached hydrogens (tertiary/aromatic N) is 5. The lowest BCUT2D eigenvalue weighted by atomic mass is 10.2. The van der Waals surface area contributed by atoms with E-state index in [9.17, 15) is 25.0 Å². The van der Waals surface area contributed by atoms with E-state index in [1.54, 1.807) is 31.3 Å². The van der Waals surface area contributed by atoms with Gasteiger partial charge in [-0.2, -0.15) is 0 Å². The van der Waals surface area contributed by atoms with Gasteiger partial charge in [0.1, 0.15) is 6.33 Å². The molecule has 1 amide bonds. The second-order valence-corrected chi connectivity index (χ2v) is 5.93. The molecule has 0 spiro atoms. The lowest BCUT2D eigenvalue weighted by molar-refractivity contribution is -0.384. The zero-order valence-electron chi connectivity index (χ0n) is 15.6. The van der Waals surface area contributed by atoms with Gasteiger partial charge in [-0.15, -0.1) is 0 Å². The Morgan fingerprint density at radius 2 is 1.73 bits per heavy atom. The SMILES string of the molecule is CN(c1ccccc1)c1ncnc(NNC(=O)c2cccc([N+](=O)[O-])c2)c1[N+](=O)[O-]. The minimum absolute atomic E-state index is 0.00460. The summed E-state index contributed by atoms with van der Waals surface area (Å²) in [6.45, 7) is 0. The maximum atomic E-state index is 12.3. The van der Waals surface area contributed by atoms with Crippen LogP contribution < -0.4 is 15.8 Å². The monoisotopic (exact) mass is 409 g/mol. The second-order valence-electron chi connectivity index (χ2n) is 5.93. The number of hydrogen-bond donors (Lipinski definition) is 2. The lowest BCUT2D eigenvalue weighted by Gasteiger charge is -2.18. The first kappa shape index (κ1) is 20.1. The molecule has 0 saturated heterocycles. The van der Waals surface area contributed by atoms with E-state index >= 15 is 0 Å². The molecule has 30 heavy (non-hydrogen) atoms. The van der Waals surface area contributed by atoms with Crippen molar-refractivity contribution in [1.29, 1.82) is 0 Å². The summed E-state index contributed by atoms with van der Waals surface area (Å²) in [6, 6.07) is 13.9. The van der Waals surface area contributed by atoms with Gasteiger partial charge >= 0.3 is 5.69 Å². The fourth-order valence-corrected chi connectivity index (χ4v) is 2.60. The van der Waals surface area contributed by atoms with Gasteiger partial charge in [0.2, 0.25) is 11.6 Å². The fraction of sp³-hybridized carbons (Fsp3) is 0.0556. The van der Waals surface area contributed by atoms with Crippen LogP contribution in [-0.2, 0) is 0 Å². The number of aromatic nitrogens is 2. The van der Waals surface area contributed by atoms with Crippen LogP contribution >= 0.6 is 0 Å². The van der Waals surface area contributed by atoms with Crippen molar-refractivity contribution in [2.24, 2.45) is 0 Å². The van der Waals surface area contributed by atoms with E-state index in [2.05, 4.69) is 20.8 Å². The average molecular weight is 409 g/mol. The number of nitrogens with one attached hydrogen (secondary N) is 2. The first-order valence-corrected chi connectivity index (χ1v) is 8.47. The maximum Gasteiger partial charge on any atom is 0.355 e. The van der Waals surface area contributed by atoms with Crippen LogP contribution in [0.3, 0.4) is 0 Å². The van der Waals surface area contributed by atoms with Crippen molar-refractivity contribution in [1.82, 2.24) is 15.4 Å². The highest BCUT2D eigenvalue weighted by molar-refractivity contribution is 5.95. The van der Waals surface area contributed by atoms with Crippen LogP contribution in [0.15, 0.2) is 60.9 Å². The number of nitro benzene ring substituents is 1. The number of rotatable bonds is 7. The fourth-order valence-electron chi connectivity index (χ4n) is 2.60. The average Bonchev–Trinajstić information content (AvgIpc) is 2.77. The third kappa shape index (κ3) is 4.27. The Kier molecular flexibility index (Phi) is 5.77. The van der Waals surface area contributed by atoms with Gasteiger partial charge in [-0.3, -0.25) is 35.9 Å². The molecule has 0 radical (unpaired) electrons. The number of hydrogen-bond acceptors (Lipinski definition) is 9. The van der Waals surface area contributed by atoms with Crippen LogP contribution in [0.4, 0.5) is 28.7 Å². The number of benzene rings is 2. The molecule has 3 aromatic rings. The third-order valence-corrected chi connectivity index (χ3v) is 4.06. The molecule has 12 nitrogen and oxygen atoms in total. The molecule has 2 N–H and O–H groups in total. The molecule has 2 aromatic carbocycles. The molecule has 0 aliphatic rings. The molecule has 12 heteroatoms. The summed E-state index contributed by atoms with van der Waals surface area (Å²) in [5.41, 5.74) is 4.59. The molecule has 1 aromatic heterocycles. The number of anilines is 3. The molecule has 0 aliphatic heterocycles. The van der Waals surface area contributed by atoms with Gasteiger partial charge in [0, 0.05) is 30.4 Å². The van der Waals surface area contributed by atoms with Crippen LogP contribution in [0.25, 0.3) is 0 Å². The summed E-state index contributed by atoms with van der Waals surface area (Å²) >= 11 is 0. The number of para-hydroxylation sites is 1. The smallest absolute Gasteiger partial charge is 0.324 e. The molecule has 0 bridgehead atoms. The maximum absolute atomic E-state index is 12.3. The summed E-state index contributed by atoms with van der Waals surface area (Å²) < 4.78 is 0. The highest BCUT2D eigenvalue weighted by Gasteiger charge is 2.26. The first-order chi connectivity index (χ1) is 14.4. The zero-order valence-corrected chi connectivity index (χ0v) is 15.6. The van der Waals surface area contributed by atoms with Gasteiger partial charge in [0.05, 0.1) is 9.85 Å². The van der Waals surface area contributed by atoms with Gasteiger partial charge in [-0.05, 0) is 18.2 Å². The molecule has 0 fully saturated rings. The largest absolute Gasteiger partial charge is 0.355 e. The summed E-state index contributed by atoms with van der Waals surface area (Å²) in [5, 5.41) is 22.5. The lowest BCUT2D eigenvalue weighted by Crippen LogP contribution is -2.30. The second kappa shape index (κ2) is 8.60. The predicted octanol–water partition coefficient (Wildman–Crippen LogP) is 2.82. The number of carbonyl (C=O) groups excluding carboxylic acids is 1. The number of nitro groups is 2. The topological polar surface area (TPSA) is 156 Å². The number of non-ortho nitro benzene ring substituents is 1.